The number of carboxylic acids is 2. The molecule has 0 aliphatic carbocycles. The summed E-state index contributed by atoms with van der Waals surface area (Å²) in [5.74, 6) is -22.9. The number of hydrogen-bond donors (Lipinski definition) is 32. The van der Waals surface area contributed by atoms with E-state index in [4.69, 9.17) is 33.8 Å². The van der Waals surface area contributed by atoms with Crippen LogP contribution in [0.15, 0.2) is 91.4 Å². The van der Waals surface area contributed by atoms with Gasteiger partial charge in [-0.15, -0.1) is 0 Å². The molecule has 3 aromatic carbocycles. The molecule has 4 rings (SSSR count). The number of guanidine groups is 2. The lowest BCUT2D eigenvalue weighted by atomic mass is 9.95. The molecule has 0 spiro atoms. The van der Waals surface area contributed by atoms with Gasteiger partial charge < -0.3 is 159 Å². The largest absolute Gasteiger partial charge is 0.508 e. The number of benzene rings is 3. The molecule has 16 amide bonds. The number of aliphatic hydroxyl groups excluding tert-OH is 3. The maximum absolute atomic E-state index is 14.8. The smallest absolute Gasteiger partial charge is 0.326 e. The first-order valence-electron chi connectivity index (χ1n) is 47.4. The Bertz CT molecular complexity index is 4900. The van der Waals surface area contributed by atoms with Gasteiger partial charge in [0.1, 0.15) is 96.1 Å². The van der Waals surface area contributed by atoms with Gasteiger partial charge in [0.05, 0.1) is 56.9 Å². The Morgan fingerprint density at radius 1 is 0.389 bits per heavy atom. The fourth-order valence-corrected chi connectivity index (χ4v) is 14.5. The molecule has 796 valence electrons. The number of aromatic amines is 1. The molecule has 1 aromatic heterocycles. The summed E-state index contributed by atoms with van der Waals surface area (Å²) >= 11 is 0. The fourth-order valence-electron chi connectivity index (χ4n) is 14.5. The number of nitrogens with zero attached hydrogens (tertiary/aromatic N) is 1. The third kappa shape index (κ3) is 44.6. The van der Waals surface area contributed by atoms with Crippen molar-refractivity contribution in [1.82, 2.24) is 106 Å². The fraction of sp³-hybridized carbons (Fsp3) is 0.559. The summed E-state index contributed by atoms with van der Waals surface area (Å²) in [6.45, 7) is 10.6. The summed E-state index contributed by atoms with van der Waals surface area (Å²) < 4.78 is 0. The SMILES string of the molecule is CC[C@H](C)[C@H](NC(=O)[C@H](CC(C)C)NC(=O)[C@H](Cc1ccc(O)cc1)NC(=O)[C@@H](N)Cc1c[nH]cn1)C(=O)N[C@@H](CCCNC(=N)N)C(=O)N[C@@H](CCCCN)C(=O)N[C@@H](CC(C)C)C(=O)N[C@@H](CC(=O)O)C(=O)N[C@@H](CO)C(=O)NCC(=O)NCC(=O)N[C@@H](Cc1ccccc1)C(=O)N[C@@H](Cc1ccc(O)cc1)C(=O)N[C@H](C(=O)N[C@H](C(=O)N[C@@H](CO)C(=O)N[C@@H](CCCNC(=N)N)C(=O)O)[C@@H](C)O)[C@@H](C)CC. The Kier molecular flexibility index (Phi) is 53.4. The number of unbranched alkanes of at least 4 members (excludes halogenated alkanes) is 1. The van der Waals surface area contributed by atoms with Crippen LogP contribution in [0.5, 0.6) is 11.5 Å². The van der Waals surface area contributed by atoms with Gasteiger partial charge in [-0.05, 0) is 136 Å². The van der Waals surface area contributed by atoms with E-state index in [2.05, 4.69) is 106 Å². The molecule has 0 saturated carbocycles. The van der Waals surface area contributed by atoms with Crippen LogP contribution in [-0.2, 0) is 112 Å². The van der Waals surface area contributed by atoms with E-state index in [0.29, 0.717) is 28.8 Å². The van der Waals surface area contributed by atoms with Gasteiger partial charge in [-0.25, -0.2) is 9.78 Å². The van der Waals surface area contributed by atoms with E-state index in [0.717, 1.165) is 6.92 Å². The van der Waals surface area contributed by atoms with Crippen LogP contribution in [0, 0.1) is 34.5 Å². The van der Waals surface area contributed by atoms with Gasteiger partial charge in [-0.2, -0.15) is 0 Å². The molecule has 1 heterocycles. The van der Waals surface area contributed by atoms with Crippen molar-refractivity contribution in [1.29, 1.82) is 10.8 Å². The Labute approximate surface area is 832 Å². The number of hydrogen-bond acceptors (Lipinski definition) is 28. The highest BCUT2D eigenvalue weighted by Gasteiger charge is 2.41. The third-order valence-electron chi connectivity index (χ3n) is 22.9. The van der Waals surface area contributed by atoms with Crippen molar-refractivity contribution in [3.8, 4) is 11.5 Å². The van der Waals surface area contributed by atoms with Crippen molar-refractivity contribution in [2.24, 2.45) is 46.6 Å². The number of amides is 16. The zero-order chi connectivity index (χ0) is 108. The second-order valence-corrected chi connectivity index (χ2v) is 35.8. The number of aliphatic carboxylic acids is 2. The van der Waals surface area contributed by atoms with Crippen molar-refractivity contribution < 1.29 is 122 Å². The number of rotatable bonds is 66. The highest BCUT2D eigenvalue weighted by molar-refractivity contribution is 6.02. The molecule has 51 nitrogen and oxygen atoms in total. The van der Waals surface area contributed by atoms with Gasteiger partial charge >= 0.3 is 11.9 Å². The quantitative estimate of drug-likeness (QED) is 0.0111. The summed E-state index contributed by atoms with van der Waals surface area (Å²) in [6, 6.07) is -4.58. The van der Waals surface area contributed by atoms with E-state index >= 15 is 0 Å². The van der Waals surface area contributed by atoms with Crippen LogP contribution in [-0.4, -0.2) is 307 Å². The van der Waals surface area contributed by atoms with Gasteiger partial charge in [-0.1, -0.05) is 123 Å². The van der Waals surface area contributed by atoms with E-state index < -0.39 is 260 Å². The number of H-pyrrole nitrogens is 1. The van der Waals surface area contributed by atoms with E-state index in [9.17, 15) is 122 Å². The van der Waals surface area contributed by atoms with Crippen LogP contribution in [0.2, 0.25) is 0 Å². The van der Waals surface area contributed by atoms with Crippen molar-refractivity contribution in [2.75, 3.05) is 45.9 Å². The Balaban J connectivity index is 1.52. The first-order valence-corrected chi connectivity index (χ1v) is 47.4. The predicted octanol–water partition coefficient (Wildman–Crippen LogP) is -6.80. The number of nitrogens with two attached hydrogens (primary N) is 4. The summed E-state index contributed by atoms with van der Waals surface area (Å²) in [5, 5.41) is 131. The normalized spacial score (nSPS) is 14.9. The number of carboxylic acid groups (broad SMARTS) is 2. The molecule has 144 heavy (non-hydrogen) atoms. The summed E-state index contributed by atoms with van der Waals surface area (Å²) in [7, 11) is 0. The first kappa shape index (κ1) is 122. The number of carbonyl (C=O) groups excluding carboxylic acids is 16. The number of nitrogens with one attached hydrogen (secondary N) is 21. The molecule has 0 bridgehead atoms. The van der Waals surface area contributed by atoms with Crippen LogP contribution in [0.3, 0.4) is 0 Å². The number of phenolic OH excluding ortho intramolecular Hbond substituents is 2. The number of phenols is 2. The van der Waals surface area contributed by atoms with Crippen molar-refractivity contribution >= 4 is 118 Å². The first-order chi connectivity index (χ1) is 68.1. The average Bonchev–Trinajstić information content (AvgIpc) is 0.855. The molecule has 0 fully saturated rings. The number of aromatic nitrogens is 2. The van der Waals surface area contributed by atoms with E-state index in [1.54, 1.807) is 91.9 Å². The second kappa shape index (κ2) is 63.2. The number of imidazole rings is 1. The van der Waals surface area contributed by atoms with Crippen LogP contribution in [0.25, 0.3) is 0 Å². The van der Waals surface area contributed by atoms with Gasteiger partial charge in [0.2, 0.25) is 94.5 Å². The number of aliphatic hydroxyl groups is 3. The van der Waals surface area contributed by atoms with Crippen molar-refractivity contribution in [3.05, 3.63) is 114 Å². The maximum Gasteiger partial charge on any atom is 0.326 e. The van der Waals surface area contributed by atoms with Crippen LogP contribution < -0.4 is 119 Å². The minimum absolute atomic E-state index is 0.00120. The van der Waals surface area contributed by atoms with E-state index in [-0.39, 0.29) is 133 Å². The molecule has 36 N–H and O–H groups in total. The molecule has 0 aliphatic rings. The molecular weight excluding hydrogens is 1880 g/mol. The average molecular weight is 2030 g/mol. The van der Waals surface area contributed by atoms with E-state index in [1.165, 1.54) is 54.9 Å². The maximum atomic E-state index is 14.8. The molecule has 0 radical (unpaired) electrons. The van der Waals surface area contributed by atoms with Crippen molar-refractivity contribution in [2.45, 2.75) is 262 Å². The van der Waals surface area contributed by atoms with Gasteiger partial charge in [0, 0.05) is 45.0 Å². The topological polar surface area (TPSA) is 846 Å². The highest BCUT2D eigenvalue weighted by Crippen LogP contribution is 2.20. The molecular formula is C93H144N26O25. The van der Waals surface area contributed by atoms with Crippen LogP contribution in [0.4, 0.5) is 0 Å². The van der Waals surface area contributed by atoms with Crippen molar-refractivity contribution in [3.63, 3.8) is 0 Å². The van der Waals surface area contributed by atoms with Crippen LogP contribution >= 0.6 is 0 Å². The van der Waals surface area contributed by atoms with Gasteiger partial charge in [0.15, 0.2) is 11.9 Å². The lowest BCUT2D eigenvalue weighted by Gasteiger charge is -2.30. The monoisotopic (exact) mass is 2030 g/mol. The lowest BCUT2D eigenvalue weighted by Crippen LogP contribution is -2.63. The Morgan fingerprint density at radius 2 is 0.750 bits per heavy atom. The Morgan fingerprint density at radius 3 is 1.20 bits per heavy atom. The molecule has 0 saturated heterocycles. The van der Waals surface area contributed by atoms with Gasteiger partial charge in [-0.3, -0.25) is 92.3 Å². The summed E-state index contributed by atoms with van der Waals surface area (Å²) in [4.78, 5) is 259. The molecule has 0 unspecified atom stereocenters. The summed E-state index contributed by atoms with van der Waals surface area (Å²) in [6.07, 6.45) is -0.262. The number of aromatic hydroxyl groups is 2. The minimum atomic E-state index is -2.06. The molecule has 51 heteroatoms. The highest BCUT2D eigenvalue weighted by atomic mass is 16.4. The number of carbonyl (C=O) groups is 18. The molecule has 0 aliphatic heterocycles. The van der Waals surface area contributed by atoms with Crippen LogP contribution in [0.1, 0.15) is 162 Å². The summed E-state index contributed by atoms with van der Waals surface area (Å²) in [5.41, 5.74) is 24.7. The zero-order valence-corrected chi connectivity index (χ0v) is 82.2. The standard InChI is InChI=1S/C93H144N26O25/c1-10-50(7)74(117-85(137)64(36-49(5)6)112-83(135)66(38-54-24-28-57(123)29-25-54)110-77(129)59(95)40-56-42-100-47-105-56)88(140)108-61(22-17-33-101-92(96)97)79(131)107-60(21-15-16-32-94)80(132)111-63(35-48(3)4)81(133)114-68(41-73(127)128)84(136)115-69(45-120)78(130)104-43-71(125)103-44-72(126)106-65(37-53-19-13-12-14-20-53)82(134)113-67(39-55-26-30-58(124)31-27-55)86(138)118-75(51(8)11-2)89(141)119-76(52(9)122)90(142)116-70(46-121)87(139)109-62(91(143)144)23-18-34-102-93(98)99/h12-14,19-20,24-31,42,47-52,59-70,74-76,120-124H,10-11,15-18,21-23,32-41,43-46,94-95H2,1-9H3,(H,100,105)(H,103,125)(H,104,130)(H,106,126)(H,107,131)(H,108,140)(H,109,139)(H,110,129)(H,111,132)(H,112,135)(H,113,134)(H,114,133)(H,115,136)(H,116,142)(H,117,137)(H,118,138)(H,119,141)(H,127,128)(H,143,144)(H4,96,97,101)(H4,98,99,102)/t50-,51-,52+,59-,60-,61-,62-,63-,64-,65-,66-,67-,68-,69-,70-,74-,75-,76-/m0/s1. The second-order valence-electron chi connectivity index (χ2n) is 35.8. The minimum Gasteiger partial charge on any atom is -0.508 e. The Hall–Kier alpha value is -14.7. The molecule has 18 atom stereocenters. The van der Waals surface area contributed by atoms with E-state index in [1.807, 2.05) is 0 Å². The molecule has 4 aromatic rings. The lowest BCUT2D eigenvalue weighted by molar-refractivity contribution is -0.143. The zero-order valence-electron chi connectivity index (χ0n) is 82.2. The van der Waals surface area contributed by atoms with Gasteiger partial charge in [0.25, 0.3) is 0 Å². The third-order valence-corrected chi connectivity index (χ3v) is 22.9. The predicted molar refractivity (Wildman–Crippen MR) is 522 cm³/mol.